The van der Waals surface area contributed by atoms with E-state index in [-0.39, 0.29) is 11.8 Å². The number of amides is 1. The minimum Gasteiger partial charge on any atom is -0.330 e. The Kier molecular flexibility index (Phi) is 4.29. The number of nitrogens with two attached hydrogens (primary N) is 1. The molecule has 1 unspecified atom stereocenters. The number of carbonyl (C=O) groups excluding carboxylic acids is 1. The molecule has 0 fully saturated rings. The minimum atomic E-state index is -0.158. The Morgan fingerprint density at radius 3 is 2.80 bits per heavy atom. The Morgan fingerprint density at radius 1 is 1.60 bits per heavy atom. The van der Waals surface area contributed by atoms with Gasteiger partial charge in [-0.05, 0) is 30.7 Å². The van der Waals surface area contributed by atoms with E-state index in [0.29, 0.717) is 6.54 Å². The van der Waals surface area contributed by atoms with E-state index in [1.807, 2.05) is 25.1 Å². The molecule has 4 heteroatoms. The van der Waals surface area contributed by atoms with Crippen LogP contribution in [0.25, 0.3) is 0 Å². The summed E-state index contributed by atoms with van der Waals surface area (Å²) in [6.07, 6.45) is 0. The lowest BCUT2D eigenvalue weighted by Gasteiger charge is -2.10. The summed E-state index contributed by atoms with van der Waals surface area (Å²) >= 11 is 3.41. The molecule has 1 aromatic carbocycles. The fraction of sp³-hybridized carbons (Fsp3) is 0.364. The van der Waals surface area contributed by atoms with Crippen LogP contribution >= 0.6 is 15.9 Å². The van der Waals surface area contributed by atoms with Gasteiger partial charge in [0.2, 0.25) is 5.91 Å². The molecule has 3 N–H and O–H groups in total. The summed E-state index contributed by atoms with van der Waals surface area (Å²) in [5.41, 5.74) is 7.31. The molecule has 0 aliphatic heterocycles. The van der Waals surface area contributed by atoms with Gasteiger partial charge in [-0.2, -0.15) is 0 Å². The van der Waals surface area contributed by atoms with Gasteiger partial charge in [0, 0.05) is 22.6 Å². The first-order valence-electron chi connectivity index (χ1n) is 4.81. The largest absolute Gasteiger partial charge is 0.330 e. The maximum Gasteiger partial charge on any atom is 0.228 e. The second-order valence-electron chi connectivity index (χ2n) is 3.59. The summed E-state index contributed by atoms with van der Waals surface area (Å²) in [5.74, 6) is -0.201. The van der Waals surface area contributed by atoms with Crippen molar-refractivity contribution in [3.05, 3.63) is 28.2 Å². The van der Waals surface area contributed by atoms with Crippen LogP contribution in [0.5, 0.6) is 0 Å². The van der Waals surface area contributed by atoms with Gasteiger partial charge < -0.3 is 11.1 Å². The van der Waals surface area contributed by atoms with Crippen LogP contribution in [0.1, 0.15) is 12.5 Å². The number of anilines is 1. The van der Waals surface area contributed by atoms with Gasteiger partial charge in [-0.25, -0.2) is 0 Å². The van der Waals surface area contributed by atoms with E-state index < -0.39 is 0 Å². The predicted octanol–water partition coefficient (Wildman–Crippen LogP) is 2.29. The minimum absolute atomic E-state index is 0.0424. The summed E-state index contributed by atoms with van der Waals surface area (Å²) in [7, 11) is 0. The average Bonchev–Trinajstić information content (AvgIpc) is 2.22. The highest BCUT2D eigenvalue weighted by atomic mass is 79.9. The number of hydrogen-bond donors (Lipinski definition) is 2. The van der Waals surface area contributed by atoms with Crippen LogP contribution in [-0.2, 0) is 4.79 Å². The van der Waals surface area contributed by atoms with E-state index in [1.165, 1.54) is 0 Å². The van der Waals surface area contributed by atoms with Gasteiger partial charge in [0.15, 0.2) is 0 Å². The maximum absolute atomic E-state index is 11.5. The zero-order valence-electron chi connectivity index (χ0n) is 8.88. The highest BCUT2D eigenvalue weighted by Crippen LogP contribution is 2.20. The Bertz CT molecular complexity index is 366. The van der Waals surface area contributed by atoms with E-state index in [0.717, 1.165) is 15.7 Å². The lowest BCUT2D eigenvalue weighted by atomic mass is 10.1. The lowest BCUT2D eigenvalue weighted by molar-refractivity contribution is -0.119. The summed E-state index contributed by atoms with van der Waals surface area (Å²) in [6.45, 7) is 4.15. The van der Waals surface area contributed by atoms with Crippen molar-refractivity contribution < 1.29 is 4.79 Å². The SMILES string of the molecule is Cc1cc(NC(=O)C(C)CN)ccc1Br. The molecular formula is C11H15BrN2O. The zero-order valence-corrected chi connectivity index (χ0v) is 10.5. The van der Waals surface area contributed by atoms with E-state index in [9.17, 15) is 4.79 Å². The van der Waals surface area contributed by atoms with Crippen LogP contribution < -0.4 is 11.1 Å². The maximum atomic E-state index is 11.5. The van der Waals surface area contributed by atoms with Gasteiger partial charge in [-0.15, -0.1) is 0 Å². The molecule has 0 radical (unpaired) electrons. The molecule has 0 saturated carbocycles. The number of benzene rings is 1. The predicted molar refractivity (Wildman–Crippen MR) is 65.7 cm³/mol. The number of rotatable bonds is 3. The van der Waals surface area contributed by atoms with Gasteiger partial charge in [0.05, 0.1) is 0 Å². The summed E-state index contributed by atoms with van der Waals surface area (Å²) < 4.78 is 1.03. The average molecular weight is 271 g/mol. The molecule has 82 valence electrons. The number of carbonyl (C=O) groups is 1. The van der Waals surface area contributed by atoms with Gasteiger partial charge in [0.25, 0.3) is 0 Å². The van der Waals surface area contributed by atoms with Gasteiger partial charge >= 0.3 is 0 Å². The van der Waals surface area contributed by atoms with Crippen LogP contribution in [0.3, 0.4) is 0 Å². The molecule has 1 rings (SSSR count). The lowest BCUT2D eigenvalue weighted by Crippen LogP contribution is -2.26. The van der Waals surface area contributed by atoms with Crippen molar-refractivity contribution in [3.8, 4) is 0 Å². The molecule has 0 aliphatic rings. The molecule has 0 saturated heterocycles. The van der Waals surface area contributed by atoms with Crippen LogP contribution in [0.15, 0.2) is 22.7 Å². The topological polar surface area (TPSA) is 55.1 Å². The second-order valence-corrected chi connectivity index (χ2v) is 4.44. The van der Waals surface area contributed by atoms with E-state index in [2.05, 4.69) is 21.2 Å². The molecule has 1 atom stereocenters. The first-order valence-corrected chi connectivity index (χ1v) is 5.61. The Labute approximate surface area is 98.2 Å². The third kappa shape index (κ3) is 3.32. The van der Waals surface area contributed by atoms with Gasteiger partial charge in [-0.1, -0.05) is 22.9 Å². The zero-order chi connectivity index (χ0) is 11.4. The Hall–Kier alpha value is -0.870. The molecule has 0 spiro atoms. The smallest absolute Gasteiger partial charge is 0.228 e. The van der Waals surface area contributed by atoms with Crippen LogP contribution in [0, 0.1) is 12.8 Å². The highest BCUT2D eigenvalue weighted by Gasteiger charge is 2.10. The molecule has 0 aromatic heterocycles. The molecule has 0 aliphatic carbocycles. The first kappa shape index (κ1) is 12.2. The number of nitrogens with one attached hydrogen (secondary N) is 1. The molecule has 1 aromatic rings. The van der Waals surface area contributed by atoms with Crippen molar-refractivity contribution in [2.24, 2.45) is 11.7 Å². The molecule has 0 bridgehead atoms. The van der Waals surface area contributed by atoms with Gasteiger partial charge in [-0.3, -0.25) is 4.79 Å². The summed E-state index contributed by atoms with van der Waals surface area (Å²) in [5, 5.41) is 2.82. The Morgan fingerprint density at radius 2 is 2.27 bits per heavy atom. The summed E-state index contributed by atoms with van der Waals surface area (Å²) in [6, 6.07) is 5.70. The quantitative estimate of drug-likeness (QED) is 0.886. The van der Waals surface area contributed by atoms with Crippen molar-refractivity contribution in [1.29, 1.82) is 0 Å². The van der Waals surface area contributed by atoms with E-state index >= 15 is 0 Å². The van der Waals surface area contributed by atoms with Crippen molar-refractivity contribution >= 4 is 27.5 Å². The normalized spacial score (nSPS) is 12.3. The summed E-state index contributed by atoms with van der Waals surface area (Å²) in [4.78, 5) is 11.5. The number of hydrogen-bond acceptors (Lipinski definition) is 2. The van der Waals surface area contributed by atoms with Crippen molar-refractivity contribution in [3.63, 3.8) is 0 Å². The van der Waals surface area contributed by atoms with E-state index in [4.69, 9.17) is 5.73 Å². The fourth-order valence-corrected chi connectivity index (χ4v) is 1.34. The second kappa shape index (κ2) is 5.28. The van der Waals surface area contributed by atoms with Crippen molar-refractivity contribution in [2.75, 3.05) is 11.9 Å². The number of halogens is 1. The fourth-order valence-electron chi connectivity index (χ4n) is 1.09. The molecule has 1 amide bonds. The number of aryl methyl sites for hydroxylation is 1. The standard InChI is InChI=1S/C11H15BrN2O/c1-7-5-9(3-4-10(7)12)14-11(15)8(2)6-13/h3-5,8H,6,13H2,1-2H3,(H,14,15). The molecular weight excluding hydrogens is 256 g/mol. The van der Waals surface area contributed by atoms with Gasteiger partial charge in [0.1, 0.15) is 0 Å². The monoisotopic (exact) mass is 270 g/mol. The van der Waals surface area contributed by atoms with Crippen molar-refractivity contribution in [2.45, 2.75) is 13.8 Å². The molecule has 15 heavy (non-hydrogen) atoms. The van der Waals surface area contributed by atoms with Crippen LogP contribution in [0.2, 0.25) is 0 Å². The highest BCUT2D eigenvalue weighted by molar-refractivity contribution is 9.10. The third-order valence-corrected chi connectivity index (χ3v) is 3.12. The van der Waals surface area contributed by atoms with Crippen molar-refractivity contribution in [1.82, 2.24) is 0 Å². The van der Waals surface area contributed by atoms with Crippen LogP contribution in [0.4, 0.5) is 5.69 Å². The first-order chi connectivity index (χ1) is 7.04. The van der Waals surface area contributed by atoms with E-state index in [1.54, 1.807) is 6.92 Å². The molecule has 3 nitrogen and oxygen atoms in total. The molecule has 0 heterocycles. The van der Waals surface area contributed by atoms with Crippen LogP contribution in [-0.4, -0.2) is 12.5 Å². The third-order valence-electron chi connectivity index (χ3n) is 2.23. The Balaban J connectivity index is 2.73.